The second kappa shape index (κ2) is 8.04. The molecule has 0 radical (unpaired) electrons. The number of hydrogen-bond donors (Lipinski definition) is 0. The molecule has 24 heavy (non-hydrogen) atoms. The second-order valence-electron chi connectivity index (χ2n) is 8.03. The first-order valence-corrected chi connectivity index (χ1v) is 16.0. The van der Waals surface area contributed by atoms with Crippen LogP contribution in [0.1, 0.15) is 11.1 Å². The van der Waals surface area contributed by atoms with Gasteiger partial charge in [0.05, 0.1) is 0 Å². The number of hydrogen-bond acceptors (Lipinski definition) is 2. The fourth-order valence-electron chi connectivity index (χ4n) is 2.79. The van der Waals surface area contributed by atoms with E-state index in [1.54, 1.807) is 0 Å². The molecular weight excluding hydrogens is 344 g/mol. The lowest BCUT2D eigenvalue weighted by atomic mass is 10.2. The molecule has 0 aliphatic carbocycles. The zero-order valence-electron chi connectivity index (χ0n) is 15.8. The first-order chi connectivity index (χ1) is 11.1. The van der Waals surface area contributed by atoms with E-state index in [-0.39, 0.29) is 0 Å². The summed E-state index contributed by atoms with van der Waals surface area (Å²) in [6.45, 7) is 13.7. The molecule has 0 atom stereocenters. The second-order valence-corrected chi connectivity index (χ2v) is 18.2. The van der Waals surface area contributed by atoms with Gasteiger partial charge in [0, 0.05) is 9.79 Å². The maximum Gasteiger partial charge on any atom is 0.173 e. The predicted molar refractivity (Wildman–Crippen MR) is 112 cm³/mol. The molecule has 2 aromatic rings. The molecule has 0 saturated carbocycles. The van der Waals surface area contributed by atoms with Crippen molar-refractivity contribution in [3.63, 3.8) is 0 Å². The lowest BCUT2D eigenvalue weighted by molar-refractivity contribution is 0.547. The van der Waals surface area contributed by atoms with Crippen LogP contribution in [0.25, 0.3) is 0 Å². The molecule has 0 N–H and O–H groups in total. The van der Waals surface area contributed by atoms with Gasteiger partial charge in [0.25, 0.3) is 0 Å². The van der Waals surface area contributed by atoms with Crippen LogP contribution < -0.4 is 0 Å². The molecule has 130 valence electrons. The monoisotopic (exact) mass is 374 g/mol. The Bertz CT molecular complexity index is 643. The van der Waals surface area contributed by atoms with E-state index in [9.17, 15) is 0 Å². The van der Waals surface area contributed by atoms with Gasteiger partial charge in [0.1, 0.15) is 0 Å². The van der Waals surface area contributed by atoms with Gasteiger partial charge in [-0.3, -0.25) is 0 Å². The van der Waals surface area contributed by atoms with Crippen molar-refractivity contribution in [2.75, 3.05) is 0 Å². The van der Waals surface area contributed by atoms with Crippen molar-refractivity contribution in [2.45, 2.75) is 61.9 Å². The average molecular weight is 375 g/mol. The molecule has 0 aliphatic heterocycles. The number of rotatable bonds is 7. The molecular formula is C20H30OSSi2. The van der Waals surface area contributed by atoms with E-state index in [0.29, 0.717) is 0 Å². The Kier molecular flexibility index (Phi) is 6.54. The molecule has 0 aliphatic rings. The third kappa shape index (κ3) is 6.97. The average Bonchev–Trinajstić information content (AvgIpc) is 2.47. The number of benzene rings is 2. The van der Waals surface area contributed by atoms with Crippen molar-refractivity contribution in [3.8, 4) is 0 Å². The number of aryl methyl sites for hydroxylation is 2. The Morgan fingerprint density at radius 1 is 0.792 bits per heavy atom. The van der Waals surface area contributed by atoms with E-state index >= 15 is 0 Å². The first kappa shape index (κ1) is 19.5. The summed E-state index contributed by atoms with van der Waals surface area (Å²) in [6.07, 6.45) is 1.12. The first-order valence-electron chi connectivity index (χ1n) is 8.67. The Hall–Kier alpha value is -0.816. The van der Waals surface area contributed by atoms with Crippen LogP contribution in [-0.2, 0) is 10.5 Å². The topological polar surface area (TPSA) is 9.23 Å². The van der Waals surface area contributed by atoms with Crippen molar-refractivity contribution < 1.29 is 4.12 Å². The molecule has 0 amide bonds. The van der Waals surface area contributed by atoms with Gasteiger partial charge in [-0.05, 0) is 82.0 Å². The van der Waals surface area contributed by atoms with E-state index < -0.39 is 16.6 Å². The molecule has 4 heteroatoms. The summed E-state index contributed by atoms with van der Waals surface area (Å²) in [6, 6.07) is 18.9. The van der Waals surface area contributed by atoms with Gasteiger partial charge in [-0.25, -0.2) is 0 Å². The normalized spacial score (nSPS) is 12.4. The van der Waals surface area contributed by atoms with Crippen LogP contribution in [0.3, 0.4) is 0 Å². The zero-order valence-corrected chi connectivity index (χ0v) is 18.7. The lowest BCUT2D eigenvalue weighted by Crippen LogP contribution is -2.42. The van der Waals surface area contributed by atoms with Gasteiger partial charge in [-0.1, -0.05) is 41.6 Å². The lowest BCUT2D eigenvalue weighted by Gasteiger charge is -2.31. The Balaban J connectivity index is 1.91. The van der Waals surface area contributed by atoms with Gasteiger partial charge in [0.15, 0.2) is 16.6 Å². The standard InChI is InChI=1S/C20H30OSSi2/c1-17-7-11-19(12-8-17)22-20-13-9-18(10-14-20)15-16-24(5,6)21-23(2,3)4/h7-14H,15-16H2,1-6H3. The maximum absolute atomic E-state index is 6.43. The SMILES string of the molecule is Cc1ccc(Sc2ccc(CC[Si](C)(C)O[Si](C)(C)C)cc2)cc1. The Morgan fingerprint density at radius 2 is 1.29 bits per heavy atom. The summed E-state index contributed by atoms with van der Waals surface area (Å²) < 4.78 is 6.43. The Labute approximate surface area is 154 Å². The van der Waals surface area contributed by atoms with Gasteiger partial charge in [-0.2, -0.15) is 0 Å². The highest BCUT2D eigenvalue weighted by Crippen LogP contribution is 2.28. The van der Waals surface area contributed by atoms with Crippen LogP contribution >= 0.6 is 11.8 Å². The van der Waals surface area contributed by atoms with Crippen molar-refractivity contribution in [1.29, 1.82) is 0 Å². The quantitative estimate of drug-likeness (QED) is 0.496. The van der Waals surface area contributed by atoms with Gasteiger partial charge in [-0.15, -0.1) is 0 Å². The summed E-state index contributed by atoms with van der Waals surface area (Å²) in [4.78, 5) is 2.60. The van der Waals surface area contributed by atoms with Crippen LogP contribution in [0, 0.1) is 6.92 Å². The van der Waals surface area contributed by atoms with Crippen LogP contribution in [-0.4, -0.2) is 16.6 Å². The highest BCUT2D eigenvalue weighted by molar-refractivity contribution is 7.99. The van der Waals surface area contributed by atoms with Crippen molar-refractivity contribution in [3.05, 3.63) is 59.7 Å². The van der Waals surface area contributed by atoms with E-state index in [2.05, 4.69) is 88.2 Å². The zero-order chi connectivity index (χ0) is 17.8. The summed E-state index contributed by atoms with van der Waals surface area (Å²) in [5, 5.41) is 0. The summed E-state index contributed by atoms with van der Waals surface area (Å²) in [5.41, 5.74) is 2.73. The van der Waals surface area contributed by atoms with Gasteiger partial charge in [0.2, 0.25) is 0 Å². The minimum absolute atomic E-state index is 1.12. The summed E-state index contributed by atoms with van der Waals surface area (Å²) in [7, 11) is -2.97. The molecule has 2 rings (SSSR count). The minimum atomic E-state index is -1.54. The molecule has 0 aromatic heterocycles. The molecule has 0 unspecified atom stereocenters. The third-order valence-corrected chi connectivity index (χ3v) is 10.9. The van der Waals surface area contributed by atoms with Crippen LogP contribution in [0.5, 0.6) is 0 Å². The van der Waals surface area contributed by atoms with Crippen molar-refractivity contribution in [1.82, 2.24) is 0 Å². The molecule has 0 fully saturated rings. The highest BCUT2D eigenvalue weighted by atomic mass is 32.2. The third-order valence-electron chi connectivity index (χ3n) is 3.78. The Morgan fingerprint density at radius 3 is 1.79 bits per heavy atom. The highest BCUT2D eigenvalue weighted by Gasteiger charge is 2.29. The van der Waals surface area contributed by atoms with Gasteiger partial charge >= 0.3 is 0 Å². The van der Waals surface area contributed by atoms with Gasteiger partial charge < -0.3 is 4.12 Å². The molecule has 2 aromatic carbocycles. The van der Waals surface area contributed by atoms with E-state index in [0.717, 1.165) is 6.42 Å². The maximum atomic E-state index is 6.43. The molecule has 0 heterocycles. The van der Waals surface area contributed by atoms with Crippen LogP contribution in [0.2, 0.25) is 38.8 Å². The van der Waals surface area contributed by atoms with Crippen molar-refractivity contribution >= 4 is 28.4 Å². The van der Waals surface area contributed by atoms with Crippen LogP contribution in [0.4, 0.5) is 0 Å². The van der Waals surface area contributed by atoms with Crippen LogP contribution in [0.15, 0.2) is 58.3 Å². The summed E-state index contributed by atoms with van der Waals surface area (Å²) >= 11 is 1.83. The van der Waals surface area contributed by atoms with E-state index in [1.807, 2.05) is 11.8 Å². The molecule has 0 spiro atoms. The van der Waals surface area contributed by atoms with E-state index in [4.69, 9.17) is 4.12 Å². The minimum Gasteiger partial charge on any atom is -0.456 e. The molecule has 1 nitrogen and oxygen atoms in total. The summed E-state index contributed by atoms with van der Waals surface area (Å²) in [5.74, 6) is 0. The predicted octanol–water partition coefficient (Wildman–Crippen LogP) is 6.75. The smallest absolute Gasteiger partial charge is 0.173 e. The fourth-order valence-corrected chi connectivity index (χ4v) is 11.5. The van der Waals surface area contributed by atoms with Crippen molar-refractivity contribution in [2.24, 2.45) is 0 Å². The largest absolute Gasteiger partial charge is 0.456 e. The molecule has 0 saturated heterocycles. The van der Waals surface area contributed by atoms with E-state index in [1.165, 1.54) is 27.0 Å². The molecule has 0 bridgehead atoms. The fraction of sp³-hybridized carbons (Fsp3) is 0.400.